The van der Waals surface area contributed by atoms with Crippen LogP contribution in [0, 0.1) is 17.0 Å². The number of carbonyl (C=O) groups excluding carboxylic acids is 1. The summed E-state index contributed by atoms with van der Waals surface area (Å²) in [6.07, 6.45) is 2.09. The zero-order valence-corrected chi connectivity index (χ0v) is 22.9. The molecule has 4 atom stereocenters. The van der Waals surface area contributed by atoms with Gasteiger partial charge in [0.2, 0.25) is 11.5 Å². The third kappa shape index (κ3) is 5.88. The fourth-order valence-corrected chi connectivity index (χ4v) is 5.83. The molecule has 2 aromatic carbocycles. The van der Waals surface area contributed by atoms with Crippen molar-refractivity contribution in [3.8, 4) is 0 Å². The number of halogens is 4. The number of H-pyrrole nitrogens is 1. The maximum absolute atomic E-state index is 15.6. The van der Waals surface area contributed by atoms with E-state index >= 15 is 8.78 Å². The van der Waals surface area contributed by atoms with Gasteiger partial charge >= 0.3 is 0 Å². The van der Waals surface area contributed by atoms with Gasteiger partial charge in [-0.15, -0.1) is 0 Å². The van der Waals surface area contributed by atoms with Crippen molar-refractivity contribution in [1.82, 2.24) is 10.3 Å². The summed E-state index contributed by atoms with van der Waals surface area (Å²) in [5, 5.41) is 15.6. The van der Waals surface area contributed by atoms with Crippen LogP contribution < -0.4 is 21.9 Å². The molecule has 0 bridgehead atoms. The molecule has 208 valence electrons. The molecule has 0 spiro atoms. The lowest BCUT2D eigenvalue weighted by Crippen LogP contribution is -2.52. The summed E-state index contributed by atoms with van der Waals surface area (Å²) in [7, 11) is 0. The van der Waals surface area contributed by atoms with Gasteiger partial charge in [-0.1, -0.05) is 55.2 Å². The first-order valence-corrected chi connectivity index (χ1v) is 13.2. The summed E-state index contributed by atoms with van der Waals surface area (Å²) in [5.74, 6) is -3.22. The summed E-state index contributed by atoms with van der Waals surface area (Å²) < 4.78 is 31.2. The number of nitrogens with two attached hydrogens (primary N) is 1. The first-order chi connectivity index (χ1) is 18.4. The van der Waals surface area contributed by atoms with Crippen molar-refractivity contribution in [1.29, 1.82) is 0 Å². The fraction of sp³-hybridized carbons (Fsp3) is 0.357. The maximum Gasteiger partial charge on any atom is 0.249 e. The van der Waals surface area contributed by atoms with Gasteiger partial charge in [0.15, 0.2) is 0 Å². The molecule has 4 rings (SSSR count). The van der Waals surface area contributed by atoms with E-state index in [0.29, 0.717) is 12.8 Å². The molecule has 0 aliphatic carbocycles. The minimum atomic E-state index is -1.66. The van der Waals surface area contributed by atoms with Crippen molar-refractivity contribution >= 4 is 34.8 Å². The van der Waals surface area contributed by atoms with Crippen LogP contribution in [0.1, 0.15) is 43.7 Å². The zero-order valence-electron chi connectivity index (χ0n) is 21.4. The number of carbonyl (C=O) groups is 1. The number of aromatic amines is 1. The Labute approximate surface area is 234 Å². The Morgan fingerprint density at radius 1 is 1.18 bits per heavy atom. The van der Waals surface area contributed by atoms with Crippen LogP contribution >= 0.6 is 23.2 Å². The molecule has 3 aromatic rings. The highest BCUT2D eigenvalue weighted by Crippen LogP contribution is 2.50. The van der Waals surface area contributed by atoms with Crippen LogP contribution in [0.4, 0.5) is 14.5 Å². The number of nitrogens with one attached hydrogen (secondary N) is 3. The predicted octanol–water partition coefficient (Wildman–Crippen LogP) is 4.68. The normalized spacial score (nSPS) is 23.1. The highest BCUT2D eigenvalue weighted by molar-refractivity contribution is 6.31. The minimum absolute atomic E-state index is 0.0281. The number of benzene rings is 2. The lowest BCUT2D eigenvalue weighted by atomic mass is 9.67. The Morgan fingerprint density at radius 2 is 1.92 bits per heavy atom. The molecule has 6 N–H and O–H groups in total. The molecule has 1 aliphatic rings. The van der Waals surface area contributed by atoms with Gasteiger partial charge in [0.05, 0.1) is 16.6 Å². The van der Waals surface area contributed by atoms with E-state index in [1.54, 1.807) is 0 Å². The maximum atomic E-state index is 15.6. The average molecular weight is 579 g/mol. The Hall–Kier alpha value is -2.82. The van der Waals surface area contributed by atoms with Crippen LogP contribution in [0.15, 0.2) is 59.5 Å². The summed E-state index contributed by atoms with van der Waals surface area (Å²) in [4.78, 5) is 28.0. The molecule has 0 saturated carbocycles. The zero-order chi connectivity index (χ0) is 28.5. The number of amides is 1. The first-order valence-electron chi connectivity index (χ1n) is 12.4. The van der Waals surface area contributed by atoms with Crippen LogP contribution in [0.2, 0.25) is 10.0 Å². The molecular formula is C28H30Cl2F2N4O3. The third-order valence-corrected chi connectivity index (χ3v) is 7.92. The Bertz CT molecular complexity index is 1430. The topological polar surface area (TPSA) is 120 Å². The van der Waals surface area contributed by atoms with Gasteiger partial charge in [-0.2, -0.15) is 0 Å². The van der Waals surface area contributed by atoms with Crippen LogP contribution in [0.5, 0.6) is 0 Å². The van der Waals surface area contributed by atoms with E-state index in [1.165, 1.54) is 48.7 Å². The molecule has 1 aromatic heterocycles. The monoisotopic (exact) mass is 578 g/mol. The van der Waals surface area contributed by atoms with Gasteiger partial charge in [-0.25, -0.2) is 8.78 Å². The molecule has 0 radical (unpaired) electrons. The van der Waals surface area contributed by atoms with E-state index < -0.39 is 52.1 Å². The van der Waals surface area contributed by atoms with Crippen LogP contribution in [-0.4, -0.2) is 34.7 Å². The Morgan fingerprint density at radius 3 is 2.59 bits per heavy atom. The Kier molecular flexibility index (Phi) is 8.49. The second-order valence-electron chi connectivity index (χ2n) is 10.6. The number of aromatic nitrogens is 1. The lowest BCUT2D eigenvalue weighted by Gasteiger charge is -2.40. The van der Waals surface area contributed by atoms with Gasteiger partial charge in [0.25, 0.3) is 0 Å². The van der Waals surface area contributed by atoms with Gasteiger partial charge in [-0.3, -0.25) is 9.59 Å². The molecule has 39 heavy (non-hydrogen) atoms. The molecule has 1 aliphatic heterocycles. The fourth-order valence-electron chi connectivity index (χ4n) is 5.49. The van der Waals surface area contributed by atoms with E-state index in [0.717, 1.165) is 6.07 Å². The highest BCUT2D eigenvalue weighted by atomic mass is 35.5. The number of aliphatic hydroxyl groups excluding tert-OH is 1. The van der Waals surface area contributed by atoms with Crippen LogP contribution in [0.25, 0.3) is 0 Å². The molecule has 2 heterocycles. The van der Waals surface area contributed by atoms with Gasteiger partial charge in [0.1, 0.15) is 11.6 Å². The number of hydrogen-bond acceptors (Lipinski definition) is 5. The number of pyridine rings is 1. The van der Waals surface area contributed by atoms with E-state index in [4.69, 9.17) is 28.9 Å². The molecule has 7 nitrogen and oxygen atoms in total. The highest BCUT2D eigenvalue weighted by Gasteiger charge is 2.58. The molecule has 11 heteroatoms. The predicted molar refractivity (Wildman–Crippen MR) is 148 cm³/mol. The quantitative estimate of drug-likeness (QED) is 0.266. The second kappa shape index (κ2) is 11.3. The Balaban J connectivity index is 1.92. The summed E-state index contributed by atoms with van der Waals surface area (Å²) in [6, 6.07) is 9.22. The van der Waals surface area contributed by atoms with Gasteiger partial charge in [0, 0.05) is 47.1 Å². The lowest BCUT2D eigenvalue weighted by molar-refractivity contribution is -0.118. The molecule has 1 amide bonds. The second-order valence-corrected chi connectivity index (χ2v) is 11.5. The number of hydrogen-bond donors (Lipinski definition) is 5. The summed E-state index contributed by atoms with van der Waals surface area (Å²) in [6.45, 7) is 3.75. The van der Waals surface area contributed by atoms with E-state index in [-0.39, 0.29) is 33.5 Å². The summed E-state index contributed by atoms with van der Waals surface area (Å²) >= 11 is 12.2. The van der Waals surface area contributed by atoms with E-state index in [1.807, 2.05) is 13.8 Å². The minimum Gasteiger partial charge on any atom is -0.396 e. The molecule has 1 saturated heterocycles. The number of anilines is 1. The third-order valence-electron chi connectivity index (χ3n) is 7.39. The van der Waals surface area contributed by atoms with Crippen molar-refractivity contribution in [2.75, 3.05) is 11.9 Å². The standard InChI is InChI=1S/C28H30Cl2F2N4O3/c1-27(2,9-11-37)14-21-28(33,18-7-6-15(29)12-20(18)31)23(17-4-3-5-19(30)24(17)32)25(36-21)26(39)35-16-8-10-34-22(38)13-16/h3-8,10,12-13,21,23,25,36-37H,9,11,14,33H2,1-2H3,(H2,34,35,38,39). The van der Waals surface area contributed by atoms with Crippen molar-refractivity contribution in [2.24, 2.45) is 11.1 Å². The first kappa shape index (κ1) is 29.2. The van der Waals surface area contributed by atoms with E-state index in [2.05, 4.69) is 15.6 Å². The summed E-state index contributed by atoms with van der Waals surface area (Å²) in [5.41, 5.74) is 4.88. The molecule has 4 unspecified atom stereocenters. The van der Waals surface area contributed by atoms with Crippen molar-refractivity contribution < 1.29 is 18.7 Å². The molecular weight excluding hydrogens is 549 g/mol. The van der Waals surface area contributed by atoms with Crippen molar-refractivity contribution in [3.05, 3.63) is 97.9 Å². The van der Waals surface area contributed by atoms with E-state index in [9.17, 15) is 14.7 Å². The number of aliphatic hydroxyl groups is 1. The van der Waals surface area contributed by atoms with Crippen molar-refractivity contribution in [3.63, 3.8) is 0 Å². The van der Waals surface area contributed by atoms with Crippen LogP contribution in [0.3, 0.4) is 0 Å². The number of rotatable bonds is 8. The smallest absolute Gasteiger partial charge is 0.249 e. The van der Waals surface area contributed by atoms with Gasteiger partial charge in [-0.05, 0) is 48.1 Å². The van der Waals surface area contributed by atoms with Gasteiger partial charge < -0.3 is 26.5 Å². The van der Waals surface area contributed by atoms with Crippen molar-refractivity contribution in [2.45, 2.75) is 50.2 Å². The average Bonchev–Trinajstić information content (AvgIpc) is 3.12. The SMILES string of the molecule is CC(C)(CCO)CC1NC(C(=O)Nc2cc[nH]c(=O)c2)C(c2cccc(Cl)c2F)C1(N)c1ccc(Cl)cc1F. The van der Waals surface area contributed by atoms with Crippen LogP contribution in [-0.2, 0) is 10.3 Å². The molecule has 1 fully saturated rings. The largest absolute Gasteiger partial charge is 0.396 e.